The lowest BCUT2D eigenvalue weighted by Gasteiger charge is -2.11. The SMILES string of the molecule is Clc1cc(-c2nc(-c3ccc4ccccc4c3)nc(-c3cccc4oc5ccccc5c34)n2)c2c(c1)oc1ccccc12. The summed E-state index contributed by atoms with van der Waals surface area (Å²) in [5, 5.41) is 6.65. The van der Waals surface area contributed by atoms with Crippen LogP contribution in [0.15, 0.2) is 130 Å². The second-order valence-electron chi connectivity index (χ2n) is 10.6. The van der Waals surface area contributed by atoms with Crippen molar-refractivity contribution in [1.29, 1.82) is 0 Å². The molecule has 43 heavy (non-hydrogen) atoms. The van der Waals surface area contributed by atoms with Crippen LogP contribution in [0.1, 0.15) is 0 Å². The third-order valence-corrected chi connectivity index (χ3v) is 8.19. The molecule has 0 amide bonds. The van der Waals surface area contributed by atoms with Gasteiger partial charge in [0, 0.05) is 49.3 Å². The highest BCUT2D eigenvalue weighted by Gasteiger charge is 2.21. The lowest BCUT2D eigenvalue weighted by atomic mass is 10.0. The summed E-state index contributed by atoms with van der Waals surface area (Å²) >= 11 is 6.67. The van der Waals surface area contributed by atoms with Crippen LogP contribution in [0.3, 0.4) is 0 Å². The molecule has 0 aliphatic rings. The Labute approximate surface area is 250 Å². The van der Waals surface area contributed by atoms with Crippen molar-refractivity contribution in [2.24, 2.45) is 0 Å². The van der Waals surface area contributed by atoms with Gasteiger partial charge in [0.05, 0.1) is 0 Å². The van der Waals surface area contributed by atoms with Crippen molar-refractivity contribution in [3.63, 3.8) is 0 Å². The molecule has 6 aromatic carbocycles. The Bertz CT molecular complexity index is 2550. The Balaban J connectivity index is 1.37. The number of benzene rings is 6. The van der Waals surface area contributed by atoms with Crippen LogP contribution in [0, 0.1) is 0 Å². The highest BCUT2D eigenvalue weighted by Crippen LogP contribution is 2.40. The van der Waals surface area contributed by atoms with Gasteiger partial charge in [-0.3, -0.25) is 0 Å². The minimum atomic E-state index is 0.511. The average molecular weight is 574 g/mol. The largest absolute Gasteiger partial charge is 0.456 e. The van der Waals surface area contributed by atoms with Gasteiger partial charge in [0.2, 0.25) is 0 Å². The van der Waals surface area contributed by atoms with E-state index in [1.807, 2.05) is 84.9 Å². The highest BCUT2D eigenvalue weighted by atomic mass is 35.5. The minimum absolute atomic E-state index is 0.511. The maximum absolute atomic E-state index is 6.67. The van der Waals surface area contributed by atoms with Crippen molar-refractivity contribution in [1.82, 2.24) is 15.0 Å². The molecule has 0 radical (unpaired) electrons. The van der Waals surface area contributed by atoms with Crippen molar-refractivity contribution >= 4 is 66.3 Å². The first kappa shape index (κ1) is 24.1. The molecular formula is C37H20ClN3O2. The molecule has 0 spiro atoms. The molecule has 0 fully saturated rings. The van der Waals surface area contributed by atoms with E-state index >= 15 is 0 Å². The first-order valence-corrected chi connectivity index (χ1v) is 14.3. The Morgan fingerprint density at radius 1 is 0.442 bits per heavy atom. The number of hydrogen-bond acceptors (Lipinski definition) is 5. The van der Waals surface area contributed by atoms with Gasteiger partial charge < -0.3 is 8.83 Å². The maximum atomic E-state index is 6.67. The lowest BCUT2D eigenvalue weighted by Crippen LogP contribution is -2.01. The zero-order chi connectivity index (χ0) is 28.5. The van der Waals surface area contributed by atoms with Gasteiger partial charge in [-0.25, -0.2) is 15.0 Å². The molecule has 6 heteroatoms. The highest BCUT2D eigenvalue weighted by molar-refractivity contribution is 6.32. The van der Waals surface area contributed by atoms with Crippen LogP contribution in [0.25, 0.3) is 88.8 Å². The second kappa shape index (κ2) is 9.24. The van der Waals surface area contributed by atoms with E-state index < -0.39 is 0 Å². The monoisotopic (exact) mass is 573 g/mol. The van der Waals surface area contributed by atoms with Gasteiger partial charge in [-0.2, -0.15) is 0 Å². The van der Waals surface area contributed by atoms with Crippen LogP contribution in [0.2, 0.25) is 5.02 Å². The summed E-state index contributed by atoms with van der Waals surface area (Å²) in [6.45, 7) is 0. The van der Waals surface area contributed by atoms with Crippen LogP contribution in [-0.2, 0) is 0 Å². The predicted molar refractivity (Wildman–Crippen MR) is 173 cm³/mol. The number of hydrogen-bond donors (Lipinski definition) is 0. The molecule has 0 saturated heterocycles. The van der Waals surface area contributed by atoms with Crippen molar-refractivity contribution in [3.05, 3.63) is 126 Å². The van der Waals surface area contributed by atoms with Crippen molar-refractivity contribution in [3.8, 4) is 34.2 Å². The van der Waals surface area contributed by atoms with Gasteiger partial charge in [0.15, 0.2) is 17.5 Å². The summed E-state index contributed by atoms with van der Waals surface area (Å²) in [5.74, 6) is 1.62. The van der Waals surface area contributed by atoms with Crippen LogP contribution < -0.4 is 0 Å². The van der Waals surface area contributed by atoms with Crippen LogP contribution in [-0.4, -0.2) is 15.0 Å². The fourth-order valence-electron chi connectivity index (χ4n) is 6.03. The van der Waals surface area contributed by atoms with Crippen LogP contribution in [0.4, 0.5) is 0 Å². The van der Waals surface area contributed by atoms with Crippen molar-refractivity contribution in [2.45, 2.75) is 0 Å². The molecule has 3 aromatic heterocycles. The van der Waals surface area contributed by atoms with Crippen LogP contribution >= 0.6 is 11.6 Å². The molecule has 202 valence electrons. The average Bonchev–Trinajstić information content (AvgIpc) is 3.62. The molecular weight excluding hydrogens is 554 g/mol. The lowest BCUT2D eigenvalue weighted by molar-refractivity contribution is 0.668. The summed E-state index contributed by atoms with van der Waals surface area (Å²) in [4.78, 5) is 15.3. The number of nitrogens with zero attached hydrogens (tertiary/aromatic N) is 3. The molecule has 0 unspecified atom stereocenters. The van der Waals surface area contributed by atoms with Gasteiger partial charge in [0.1, 0.15) is 22.3 Å². The van der Waals surface area contributed by atoms with E-state index in [-0.39, 0.29) is 0 Å². The zero-order valence-electron chi connectivity index (χ0n) is 22.6. The molecule has 0 saturated carbocycles. The zero-order valence-corrected chi connectivity index (χ0v) is 23.3. The van der Waals surface area contributed by atoms with Crippen molar-refractivity contribution < 1.29 is 8.83 Å². The topological polar surface area (TPSA) is 65.0 Å². The fraction of sp³-hybridized carbons (Fsp3) is 0. The Morgan fingerprint density at radius 2 is 1.05 bits per heavy atom. The van der Waals surface area contributed by atoms with E-state index in [9.17, 15) is 0 Å². The maximum Gasteiger partial charge on any atom is 0.164 e. The summed E-state index contributed by atoms with van der Waals surface area (Å²) < 4.78 is 12.4. The first-order valence-electron chi connectivity index (χ1n) is 14.0. The summed E-state index contributed by atoms with van der Waals surface area (Å²) in [6, 6.07) is 40.3. The quantitative estimate of drug-likeness (QED) is 0.210. The van der Waals surface area contributed by atoms with Gasteiger partial charge >= 0.3 is 0 Å². The van der Waals surface area contributed by atoms with Gasteiger partial charge in [-0.15, -0.1) is 0 Å². The van der Waals surface area contributed by atoms with E-state index in [1.54, 1.807) is 0 Å². The molecule has 0 aliphatic heterocycles. The van der Waals surface area contributed by atoms with E-state index in [0.29, 0.717) is 28.1 Å². The van der Waals surface area contributed by atoms with E-state index in [4.69, 9.17) is 35.4 Å². The van der Waals surface area contributed by atoms with Gasteiger partial charge in [0.25, 0.3) is 0 Å². The minimum Gasteiger partial charge on any atom is -0.456 e. The molecule has 9 rings (SSSR count). The smallest absolute Gasteiger partial charge is 0.164 e. The number of rotatable bonds is 3. The molecule has 9 aromatic rings. The van der Waals surface area contributed by atoms with Crippen LogP contribution in [0.5, 0.6) is 0 Å². The summed E-state index contributed by atoms with van der Waals surface area (Å²) in [6.07, 6.45) is 0. The predicted octanol–water partition coefficient (Wildman–Crippen LogP) is 10.5. The molecule has 3 heterocycles. The van der Waals surface area contributed by atoms with Crippen molar-refractivity contribution in [2.75, 3.05) is 0 Å². The Hall–Kier alpha value is -5.52. The molecule has 0 bridgehead atoms. The van der Waals surface area contributed by atoms with Gasteiger partial charge in [-0.1, -0.05) is 96.5 Å². The number of para-hydroxylation sites is 2. The number of furan rings is 2. The third-order valence-electron chi connectivity index (χ3n) is 7.97. The third kappa shape index (κ3) is 3.83. The number of fused-ring (bicyclic) bond motifs is 7. The number of aromatic nitrogens is 3. The second-order valence-corrected chi connectivity index (χ2v) is 11.0. The van der Waals surface area contributed by atoms with Gasteiger partial charge in [-0.05, 0) is 41.1 Å². The molecule has 0 atom stereocenters. The Kier molecular flexibility index (Phi) is 5.18. The van der Waals surface area contributed by atoms with E-state index in [2.05, 4.69) is 36.4 Å². The molecule has 0 N–H and O–H groups in total. The van der Waals surface area contributed by atoms with E-state index in [0.717, 1.165) is 65.8 Å². The fourth-order valence-corrected chi connectivity index (χ4v) is 6.24. The Morgan fingerprint density at radius 3 is 1.84 bits per heavy atom. The summed E-state index contributed by atoms with van der Waals surface area (Å²) in [5.41, 5.74) is 5.59. The standard InChI is InChI=1S/C37H20ClN3O2/c38-24-19-28(34-26-11-4-6-14-30(26)43-32(34)20-24)37-40-35(23-17-16-21-8-1-2-9-22(21)18-23)39-36(41-37)27-12-7-15-31-33(27)25-10-3-5-13-29(25)42-31/h1-20H. The molecule has 5 nitrogen and oxygen atoms in total. The van der Waals surface area contributed by atoms with E-state index in [1.165, 1.54) is 0 Å². The normalized spacial score (nSPS) is 11.8. The number of halogens is 1. The molecule has 0 aliphatic carbocycles. The first-order chi connectivity index (χ1) is 21.2. The summed E-state index contributed by atoms with van der Waals surface area (Å²) in [7, 11) is 0.